The van der Waals surface area contributed by atoms with Crippen LogP contribution in [0.1, 0.15) is 28.7 Å². The largest absolute Gasteiger partial charge is 0.496 e. The molecule has 0 saturated heterocycles. The van der Waals surface area contributed by atoms with Crippen LogP contribution in [0.25, 0.3) is 0 Å². The summed E-state index contributed by atoms with van der Waals surface area (Å²) < 4.78 is 18.5. The maximum atomic E-state index is 13.2. The number of nitrogens with two attached hydrogens (primary N) is 1. The monoisotopic (exact) mass is 289 g/mol. The second kappa shape index (κ2) is 6.70. The number of para-hydroxylation sites is 1. The molecule has 2 atom stereocenters. The molecule has 0 aliphatic carbocycles. The van der Waals surface area contributed by atoms with Gasteiger partial charge in [0, 0.05) is 18.0 Å². The van der Waals surface area contributed by atoms with Crippen molar-refractivity contribution in [3.8, 4) is 5.75 Å². The van der Waals surface area contributed by atoms with Crippen LogP contribution in [0.15, 0.2) is 42.5 Å². The molecule has 3 N–H and O–H groups in total. The van der Waals surface area contributed by atoms with E-state index >= 15 is 0 Å². The molecule has 0 radical (unpaired) electrons. The second-order valence-electron chi connectivity index (χ2n) is 5.03. The van der Waals surface area contributed by atoms with Gasteiger partial charge in [0.2, 0.25) is 0 Å². The van der Waals surface area contributed by atoms with Gasteiger partial charge in [0.1, 0.15) is 11.6 Å². The van der Waals surface area contributed by atoms with Crippen LogP contribution in [0.3, 0.4) is 0 Å². The van der Waals surface area contributed by atoms with Crippen molar-refractivity contribution < 1.29 is 14.2 Å². The molecule has 4 heteroatoms. The van der Waals surface area contributed by atoms with Crippen LogP contribution in [0.2, 0.25) is 0 Å². The molecule has 2 aromatic carbocycles. The fourth-order valence-electron chi connectivity index (χ4n) is 2.59. The van der Waals surface area contributed by atoms with Crippen molar-refractivity contribution in [3.05, 3.63) is 65.0 Å². The molecule has 0 bridgehead atoms. The Morgan fingerprint density at radius 1 is 1.19 bits per heavy atom. The van der Waals surface area contributed by atoms with Crippen molar-refractivity contribution in [3.63, 3.8) is 0 Å². The smallest absolute Gasteiger partial charge is 0.123 e. The summed E-state index contributed by atoms with van der Waals surface area (Å²) in [6.45, 7) is 2.04. The Kier molecular flexibility index (Phi) is 4.94. The highest BCUT2D eigenvalue weighted by atomic mass is 19.1. The van der Waals surface area contributed by atoms with Crippen molar-refractivity contribution in [1.29, 1.82) is 0 Å². The summed E-state index contributed by atoms with van der Waals surface area (Å²) in [7, 11) is 1.59. The Morgan fingerprint density at radius 3 is 2.52 bits per heavy atom. The average Bonchev–Trinajstić information content (AvgIpc) is 2.48. The molecular formula is C17H20FNO2. The quantitative estimate of drug-likeness (QED) is 0.890. The maximum absolute atomic E-state index is 13.2. The molecule has 112 valence electrons. The number of methoxy groups -OCH3 is 1. The first-order valence-corrected chi connectivity index (χ1v) is 6.85. The van der Waals surface area contributed by atoms with E-state index in [1.54, 1.807) is 20.1 Å². The highest BCUT2D eigenvalue weighted by Crippen LogP contribution is 2.36. The van der Waals surface area contributed by atoms with E-state index in [0.29, 0.717) is 16.9 Å². The van der Waals surface area contributed by atoms with Gasteiger partial charge < -0.3 is 15.6 Å². The van der Waals surface area contributed by atoms with Crippen LogP contribution in [-0.2, 0) is 0 Å². The van der Waals surface area contributed by atoms with Crippen LogP contribution >= 0.6 is 0 Å². The van der Waals surface area contributed by atoms with Gasteiger partial charge in [-0.1, -0.05) is 24.3 Å². The lowest BCUT2D eigenvalue weighted by molar-refractivity contribution is 0.145. The van der Waals surface area contributed by atoms with Gasteiger partial charge in [0.05, 0.1) is 13.2 Å². The van der Waals surface area contributed by atoms with E-state index in [9.17, 15) is 9.50 Å². The Balaban J connectivity index is 2.40. The molecule has 2 rings (SSSR count). The third-order valence-electron chi connectivity index (χ3n) is 3.72. The molecular weight excluding hydrogens is 269 g/mol. The summed E-state index contributed by atoms with van der Waals surface area (Å²) in [4.78, 5) is 0. The van der Waals surface area contributed by atoms with E-state index in [4.69, 9.17) is 10.5 Å². The highest BCUT2D eigenvalue weighted by molar-refractivity contribution is 5.40. The molecule has 3 nitrogen and oxygen atoms in total. The minimum atomic E-state index is -0.813. The highest BCUT2D eigenvalue weighted by Gasteiger charge is 2.25. The van der Waals surface area contributed by atoms with E-state index in [-0.39, 0.29) is 18.3 Å². The SMILES string of the molecule is COc1ccccc1C(CN)C(O)c1ccc(F)cc1C. The maximum Gasteiger partial charge on any atom is 0.123 e. The third kappa shape index (κ3) is 3.23. The molecule has 0 heterocycles. The number of benzene rings is 2. The van der Waals surface area contributed by atoms with Crippen molar-refractivity contribution in [2.24, 2.45) is 5.73 Å². The Hall–Kier alpha value is -1.91. The molecule has 2 aromatic rings. The number of ether oxygens (including phenoxy) is 1. The number of hydrogen-bond donors (Lipinski definition) is 2. The first-order valence-electron chi connectivity index (χ1n) is 6.85. The van der Waals surface area contributed by atoms with Crippen LogP contribution in [-0.4, -0.2) is 18.8 Å². The van der Waals surface area contributed by atoms with Crippen LogP contribution in [0, 0.1) is 12.7 Å². The van der Waals surface area contributed by atoms with E-state index in [2.05, 4.69) is 0 Å². The molecule has 0 aromatic heterocycles. The van der Waals surface area contributed by atoms with Crippen molar-refractivity contribution in [1.82, 2.24) is 0 Å². The third-order valence-corrected chi connectivity index (χ3v) is 3.72. The zero-order valence-corrected chi connectivity index (χ0v) is 12.2. The lowest BCUT2D eigenvalue weighted by atomic mass is 9.87. The van der Waals surface area contributed by atoms with Gasteiger partial charge in [0.15, 0.2) is 0 Å². The summed E-state index contributed by atoms with van der Waals surface area (Å²) in [5.41, 5.74) is 8.09. The Bertz CT molecular complexity index is 615. The zero-order valence-electron chi connectivity index (χ0n) is 12.2. The molecule has 0 fully saturated rings. The molecule has 0 saturated carbocycles. The van der Waals surface area contributed by atoms with E-state index in [1.807, 2.05) is 24.3 Å². The van der Waals surface area contributed by atoms with Crippen LogP contribution in [0.5, 0.6) is 5.75 Å². The number of aryl methyl sites for hydroxylation is 1. The first kappa shape index (κ1) is 15.5. The van der Waals surface area contributed by atoms with Gasteiger partial charge in [0.25, 0.3) is 0 Å². The number of rotatable bonds is 5. The summed E-state index contributed by atoms with van der Waals surface area (Å²) in [5, 5.41) is 10.7. The molecule has 2 unspecified atom stereocenters. The van der Waals surface area contributed by atoms with E-state index in [0.717, 1.165) is 5.56 Å². The molecule has 0 spiro atoms. The fourth-order valence-corrected chi connectivity index (χ4v) is 2.59. The molecule has 0 amide bonds. The normalized spacial score (nSPS) is 13.8. The van der Waals surface area contributed by atoms with Gasteiger partial charge in [-0.05, 0) is 36.2 Å². The van der Waals surface area contributed by atoms with Gasteiger partial charge in [-0.15, -0.1) is 0 Å². The lowest BCUT2D eigenvalue weighted by Gasteiger charge is -2.25. The second-order valence-corrected chi connectivity index (χ2v) is 5.03. The summed E-state index contributed by atoms with van der Waals surface area (Å²) in [5.74, 6) is 0.0575. The van der Waals surface area contributed by atoms with E-state index < -0.39 is 6.10 Å². The minimum absolute atomic E-state index is 0.262. The first-order chi connectivity index (χ1) is 10.1. The van der Waals surface area contributed by atoms with Gasteiger partial charge in [-0.2, -0.15) is 0 Å². The van der Waals surface area contributed by atoms with Crippen molar-refractivity contribution >= 4 is 0 Å². The predicted octanol–water partition coefficient (Wildman–Crippen LogP) is 2.92. The number of hydrogen-bond acceptors (Lipinski definition) is 3. The standard InChI is InChI=1S/C17H20FNO2/c1-11-9-12(18)7-8-13(11)17(20)15(10-19)14-5-3-4-6-16(14)21-2/h3-9,15,17,20H,10,19H2,1-2H3. The van der Waals surface area contributed by atoms with Gasteiger partial charge >= 0.3 is 0 Å². The number of aliphatic hydroxyl groups excluding tert-OH is 1. The van der Waals surface area contributed by atoms with E-state index in [1.165, 1.54) is 12.1 Å². The molecule has 0 aliphatic heterocycles. The fraction of sp³-hybridized carbons (Fsp3) is 0.294. The topological polar surface area (TPSA) is 55.5 Å². The Morgan fingerprint density at radius 2 is 1.90 bits per heavy atom. The summed E-state index contributed by atoms with van der Waals surface area (Å²) in [6, 6.07) is 11.8. The zero-order chi connectivity index (χ0) is 15.4. The number of aliphatic hydroxyl groups is 1. The Labute approximate surface area is 124 Å². The van der Waals surface area contributed by atoms with Crippen LogP contribution in [0.4, 0.5) is 4.39 Å². The minimum Gasteiger partial charge on any atom is -0.496 e. The molecule has 21 heavy (non-hydrogen) atoms. The van der Waals surface area contributed by atoms with Crippen LogP contribution < -0.4 is 10.5 Å². The average molecular weight is 289 g/mol. The predicted molar refractivity (Wildman–Crippen MR) is 80.9 cm³/mol. The molecule has 0 aliphatic rings. The summed E-state index contributed by atoms with van der Waals surface area (Å²) >= 11 is 0. The number of halogens is 1. The van der Waals surface area contributed by atoms with Crippen molar-refractivity contribution in [2.45, 2.75) is 18.9 Å². The summed E-state index contributed by atoms with van der Waals surface area (Å²) in [6.07, 6.45) is -0.813. The van der Waals surface area contributed by atoms with Gasteiger partial charge in [-0.3, -0.25) is 0 Å². The lowest BCUT2D eigenvalue weighted by Crippen LogP contribution is -2.21. The van der Waals surface area contributed by atoms with Gasteiger partial charge in [-0.25, -0.2) is 4.39 Å². The van der Waals surface area contributed by atoms with Crippen molar-refractivity contribution in [2.75, 3.05) is 13.7 Å².